The average molecular weight is 226 g/mol. The van der Waals surface area contributed by atoms with Crippen LogP contribution < -0.4 is 5.73 Å². The number of thiophene rings is 1. The molecule has 2 heterocycles. The largest absolute Gasteiger partial charge is 0.399 e. The molecule has 0 spiro atoms. The molecule has 0 bridgehead atoms. The molecule has 2 N–H and O–H groups in total. The molecule has 3 rings (SSSR count). The molecule has 0 radical (unpaired) electrons. The molecule has 0 fully saturated rings. The van der Waals surface area contributed by atoms with Crippen LogP contribution in [0, 0.1) is 0 Å². The van der Waals surface area contributed by atoms with Crippen LogP contribution in [0.2, 0.25) is 0 Å². The van der Waals surface area contributed by atoms with E-state index in [1.165, 1.54) is 10.3 Å². The van der Waals surface area contributed by atoms with Crippen molar-refractivity contribution in [3.63, 3.8) is 0 Å². The number of rotatable bonds is 1. The highest BCUT2D eigenvalue weighted by atomic mass is 32.1. The number of hydrogen-bond donors (Lipinski definition) is 1. The fourth-order valence-electron chi connectivity index (χ4n) is 1.71. The van der Waals surface area contributed by atoms with Crippen molar-refractivity contribution in [1.82, 2.24) is 4.98 Å². The number of anilines is 1. The van der Waals surface area contributed by atoms with Gasteiger partial charge < -0.3 is 5.73 Å². The minimum Gasteiger partial charge on any atom is -0.399 e. The summed E-state index contributed by atoms with van der Waals surface area (Å²) in [6.07, 6.45) is 1.82. The lowest BCUT2D eigenvalue weighted by molar-refractivity contribution is 1.45. The molecular formula is C13H10N2S. The quantitative estimate of drug-likeness (QED) is 0.644. The molecule has 3 heteroatoms. The van der Waals surface area contributed by atoms with Gasteiger partial charge in [-0.1, -0.05) is 18.2 Å². The molecule has 0 aliphatic carbocycles. The highest BCUT2D eigenvalue weighted by Gasteiger charge is 2.04. The number of nitrogens with zero attached hydrogens (tertiary/aromatic N) is 1. The molecule has 0 atom stereocenters. The van der Waals surface area contributed by atoms with E-state index in [2.05, 4.69) is 23.2 Å². The number of nitrogen functional groups attached to an aromatic ring is 1. The Balaban J connectivity index is 2.19. The van der Waals surface area contributed by atoms with Gasteiger partial charge in [0.1, 0.15) is 4.83 Å². The maximum Gasteiger partial charge on any atom is 0.123 e. The summed E-state index contributed by atoms with van der Waals surface area (Å²) in [6, 6.07) is 14.1. The second kappa shape index (κ2) is 3.61. The zero-order valence-corrected chi connectivity index (χ0v) is 9.37. The van der Waals surface area contributed by atoms with Crippen molar-refractivity contribution in [2.45, 2.75) is 0 Å². The highest BCUT2D eigenvalue weighted by Crippen LogP contribution is 2.32. The number of hydrogen-bond acceptors (Lipinski definition) is 3. The number of benzene rings is 1. The van der Waals surface area contributed by atoms with Crippen LogP contribution in [0.25, 0.3) is 20.7 Å². The predicted molar refractivity (Wildman–Crippen MR) is 69.5 cm³/mol. The fraction of sp³-hybridized carbons (Fsp3) is 0. The van der Waals surface area contributed by atoms with E-state index in [-0.39, 0.29) is 0 Å². The number of nitrogens with two attached hydrogens (primary N) is 1. The Morgan fingerprint density at radius 3 is 2.81 bits per heavy atom. The van der Waals surface area contributed by atoms with Gasteiger partial charge in [-0.25, -0.2) is 4.98 Å². The Hall–Kier alpha value is -1.87. The van der Waals surface area contributed by atoms with Crippen molar-refractivity contribution in [1.29, 1.82) is 0 Å². The molecule has 0 amide bonds. The molecule has 78 valence electrons. The van der Waals surface area contributed by atoms with Crippen LogP contribution in [0.3, 0.4) is 0 Å². The van der Waals surface area contributed by atoms with Crippen molar-refractivity contribution in [3.05, 3.63) is 48.7 Å². The first-order chi connectivity index (χ1) is 7.83. The lowest BCUT2D eigenvalue weighted by Gasteiger charge is -1.97. The molecule has 2 nitrogen and oxygen atoms in total. The van der Waals surface area contributed by atoms with E-state index in [1.54, 1.807) is 11.3 Å². The molecule has 0 unspecified atom stereocenters. The van der Waals surface area contributed by atoms with Crippen molar-refractivity contribution >= 4 is 27.2 Å². The van der Waals surface area contributed by atoms with E-state index in [9.17, 15) is 0 Å². The van der Waals surface area contributed by atoms with E-state index in [0.717, 1.165) is 16.1 Å². The molecule has 2 aromatic heterocycles. The van der Waals surface area contributed by atoms with Crippen molar-refractivity contribution < 1.29 is 0 Å². The first kappa shape index (κ1) is 9.36. The van der Waals surface area contributed by atoms with Gasteiger partial charge in [0.2, 0.25) is 0 Å². The van der Waals surface area contributed by atoms with Crippen LogP contribution in [0.1, 0.15) is 0 Å². The van der Waals surface area contributed by atoms with E-state index >= 15 is 0 Å². The standard InChI is InChI=1S/C13H10N2S/c14-11-5-1-3-9(7-11)12-8-10-4-2-6-15-13(10)16-12/h1-8H,14H2. The molecule has 0 saturated heterocycles. The zero-order valence-electron chi connectivity index (χ0n) is 8.55. The van der Waals surface area contributed by atoms with Crippen LogP contribution in [-0.4, -0.2) is 4.98 Å². The Morgan fingerprint density at radius 2 is 2.00 bits per heavy atom. The molecule has 0 saturated carbocycles. The SMILES string of the molecule is Nc1cccc(-c2cc3cccnc3s2)c1. The minimum absolute atomic E-state index is 0.794. The Morgan fingerprint density at radius 1 is 1.06 bits per heavy atom. The van der Waals surface area contributed by atoms with Gasteiger partial charge in [-0.2, -0.15) is 0 Å². The Kier molecular flexibility index (Phi) is 2.11. The second-order valence-electron chi connectivity index (χ2n) is 3.63. The third kappa shape index (κ3) is 1.55. The number of aromatic nitrogens is 1. The maximum absolute atomic E-state index is 5.78. The first-order valence-electron chi connectivity index (χ1n) is 5.03. The van der Waals surface area contributed by atoms with Crippen LogP contribution in [-0.2, 0) is 0 Å². The van der Waals surface area contributed by atoms with Gasteiger partial charge in [0.05, 0.1) is 0 Å². The summed E-state index contributed by atoms with van der Waals surface area (Å²) in [5.41, 5.74) is 7.73. The summed E-state index contributed by atoms with van der Waals surface area (Å²) >= 11 is 1.69. The number of fused-ring (bicyclic) bond motifs is 1. The van der Waals surface area contributed by atoms with E-state index in [4.69, 9.17) is 5.73 Å². The summed E-state index contributed by atoms with van der Waals surface area (Å²) in [7, 11) is 0. The lowest BCUT2D eigenvalue weighted by atomic mass is 10.1. The predicted octanol–water partition coefficient (Wildman–Crippen LogP) is 3.55. The van der Waals surface area contributed by atoms with Gasteiger partial charge in [-0.05, 0) is 29.8 Å². The summed E-state index contributed by atoms with van der Waals surface area (Å²) in [4.78, 5) is 6.62. The van der Waals surface area contributed by atoms with Crippen LogP contribution in [0.5, 0.6) is 0 Å². The topological polar surface area (TPSA) is 38.9 Å². The third-order valence-electron chi connectivity index (χ3n) is 2.46. The smallest absolute Gasteiger partial charge is 0.123 e. The van der Waals surface area contributed by atoms with Crippen LogP contribution in [0.15, 0.2) is 48.7 Å². The van der Waals surface area contributed by atoms with Crippen LogP contribution in [0.4, 0.5) is 5.69 Å². The summed E-state index contributed by atoms with van der Waals surface area (Å²) in [5.74, 6) is 0. The summed E-state index contributed by atoms with van der Waals surface area (Å²) in [5, 5.41) is 1.19. The van der Waals surface area contributed by atoms with Gasteiger partial charge >= 0.3 is 0 Å². The molecule has 0 aliphatic heterocycles. The molecular weight excluding hydrogens is 216 g/mol. The second-order valence-corrected chi connectivity index (χ2v) is 4.66. The zero-order chi connectivity index (χ0) is 11.0. The molecule has 0 aliphatic rings. The molecule has 1 aromatic carbocycles. The number of pyridine rings is 1. The van der Waals surface area contributed by atoms with Crippen molar-refractivity contribution in [3.8, 4) is 10.4 Å². The average Bonchev–Trinajstić information content (AvgIpc) is 2.72. The van der Waals surface area contributed by atoms with E-state index < -0.39 is 0 Å². The summed E-state index contributed by atoms with van der Waals surface area (Å²) < 4.78 is 0. The van der Waals surface area contributed by atoms with Gasteiger partial charge in [-0.3, -0.25) is 0 Å². The lowest BCUT2D eigenvalue weighted by Crippen LogP contribution is -1.83. The fourth-order valence-corrected chi connectivity index (χ4v) is 2.70. The van der Waals surface area contributed by atoms with Crippen molar-refractivity contribution in [2.75, 3.05) is 5.73 Å². The Labute approximate surface area is 97.4 Å². The minimum atomic E-state index is 0.794. The van der Waals surface area contributed by atoms with Gasteiger partial charge in [0.15, 0.2) is 0 Å². The normalized spacial score (nSPS) is 10.8. The van der Waals surface area contributed by atoms with Gasteiger partial charge in [0.25, 0.3) is 0 Å². The van der Waals surface area contributed by atoms with E-state index in [0.29, 0.717) is 0 Å². The molecule has 16 heavy (non-hydrogen) atoms. The van der Waals surface area contributed by atoms with Gasteiger partial charge in [-0.15, -0.1) is 11.3 Å². The highest BCUT2D eigenvalue weighted by molar-refractivity contribution is 7.21. The van der Waals surface area contributed by atoms with Gasteiger partial charge in [0, 0.05) is 22.1 Å². The third-order valence-corrected chi connectivity index (χ3v) is 3.57. The first-order valence-corrected chi connectivity index (χ1v) is 5.85. The monoisotopic (exact) mass is 226 g/mol. The molecule has 3 aromatic rings. The summed E-state index contributed by atoms with van der Waals surface area (Å²) in [6.45, 7) is 0. The Bertz CT molecular complexity index is 610. The maximum atomic E-state index is 5.78. The van der Waals surface area contributed by atoms with E-state index in [1.807, 2.05) is 30.5 Å². The van der Waals surface area contributed by atoms with Crippen LogP contribution >= 0.6 is 11.3 Å². The van der Waals surface area contributed by atoms with Crippen molar-refractivity contribution in [2.24, 2.45) is 0 Å².